The van der Waals surface area contributed by atoms with Crippen LogP contribution in [0.4, 0.5) is 0 Å². The smallest absolute Gasteiger partial charge is 0.135 e. The van der Waals surface area contributed by atoms with Gasteiger partial charge in [0, 0.05) is 16.5 Å². The van der Waals surface area contributed by atoms with Gasteiger partial charge in [0.05, 0.1) is 0 Å². The largest absolute Gasteiger partial charge is 0.456 e. The summed E-state index contributed by atoms with van der Waals surface area (Å²) in [6.45, 7) is 0. The van der Waals surface area contributed by atoms with Crippen LogP contribution in [0, 0.1) is 0 Å². The summed E-state index contributed by atoms with van der Waals surface area (Å²) in [6.07, 6.45) is 2.18. The molecule has 7 aromatic carbocycles. The van der Waals surface area contributed by atoms with E-state index in [2.05, 4.69) is 146 Å². The van der Waals surface area contributed by atoms with Gasteiger partial charge in [-0.05, 0) is 61.3 Å². The van der Waals surface area contributed by atoms with E-state index in [0.29, 0.717) is 0 Å². The average Bonchev–Trinajstić information content (AvgIpc) is 3.35. The van der Waals surface area contributed by atoms with E-state index in [1.54, 1.807) is 0 Å². The van der Waals surface area contributed by atoms with Crippen LogP contribution >= 0.6 is 0 Å². The molecule has 182 valence electrons. The van der Waals surface area contributed by atoms with Crippen molar-refractivity contribution in [3.05, 3.63) is 151 Å². The number of rotatable bonds is 4. The minimum Gasteiger partial charge on any atom is -0.456 e. The van der Waals surface area contributed by atoms with Crippen LogP contribution in [0.25, 0.3) is 66.4 Å². The Kier molecular flexibility index (Phi) is 4.89. The Morgan fingerprint density at radius 1 is 0.410 bits per heavy atom. The summed E-state index contributed by atoms with van der Waals surface area (Å²) in [7, 11) is 0. The standard InChI is InChI=1S/C38H24O/c1-3-12-26(13-4-1)36-29-19-7-8-20-30(29)37(27-14-5-2-6-15-27)38-32(36)22-11-23-33(38)39-34-24-28-18-9-16-25-17-10-21-31(34)35(25)28/h1-24H. The monoisotopic (exact) mass is 496 g/mol. The van der Waals surface area contributed by atoms with E-state index in [9.17, 15) is 0 Å². The quantitative estimate of drug-likeness (QED) is 0.220. The molecule has 0 amide bonds. The third-order valence-electron chi connectivity index (χ3n) is 7.85. The maximum Gasteiger partial charge on any atom is 0.135 e. The van der Waals surface area contributed by atoms with Gasteiger partial charge in [-0.3, -0.25) is 0 Å². The topological polar surface area (TPSA) is 9.23 Å². The minimum absolute atomic E-state index is 0.866. The molecule has 0 saturated carbocycles. The zero-order chi connectivity index (χ0) is 25.8. The summed E-state index contributed by atoms with van der Waals surface area (Å²) >= 11 is 0. The van der Waals surface area contributed by atoms with Crippen LogP contribution < -0.4 is 4.74 Å². The van der Waals surface area contributed by atoms with Gasteiger partial charge >= 0.3 is 0 Å². The zero-order valence-electron chi connectivity index (χ0n) is 21.3. The first-order chi connectivity index (χ1) is 19.4. The van der Waals surface area contributed by atoms with Crippen molar-refractivity contribution in [2.24, 2.45) is 0 Å². The fourth-order valence-corrected chi connectivity index (χ4v) is 6.22. The van der Waals surface area contributed by atoms with E-state index < -0.39 is 0 Å². The molecule has 0 atom stereocenters. The van der Waals surface area contributed by atoms with E-state index >= 15 is 0 Å². The van der Waals surface area contributed by atoms with E-state index in [0.717, 1.165) is 22.5 Å². The molecule has 0 fully saturated rings. The Labute approximate surface area is 227 Å². The van der Waals surface area contributed by atoms with E-state index in [1.165, 1.54) is 54.7 Å². The van der Waals surface area contributed by atoms with Crippen LogP contribution in [0.2, 0.25) is 0 Å². The van der Waals surface area contributed by atoms with Crippen LogP contribution in [0.1, 0.15) is 11.1 Å². The molecule has 0 aromatic heterocycles. The first kappa shape index (κ1) is 21.9. The molecule has 1 aliphatic carbocycles. The lowest BCUT2D eigenvalue weighted by atomic mass is 9.85. The molecule has 1 aliphatic rings. The van der Waals surface area contributed by atoms with Crippen molar-refractivity contribution in [1.82, 2.24) is 0 Å². The molecule has 0 radical (unpaired) electrons. The molecule has 0 aliphatic heterocycles. The van der Waals surface area contributed by atoms with Crippen LogP contribution in [0.3, 0.4) is 0 Å². The summed E-state index contributed by atoms with van der Waals surface area (Å²) in [4.78, 5) is 0. The van der Waals surface area contributed by atoms with Crippen LogP contribution in [-0.4, -0.2) is 0 Å². The SMILES string of the molecule is C1=C(Oc2cccc3c(-c4ccccc4)c4ccccc4c(-c4ccccc4)c23)c2cccc3cccc1c23. The van der Waals surface area contributed by atoms with Crippen molar-refractivity contribution in [2.75, 3.05) is 0 Å². The van der Waals surface area contributed by atoms with Crippen LogP contribution in [0.5, 0.6) is 5.75 Å². The van der Waals surface area contributed by atoms with E-state index in [4.69, 9.17) is 4.74 Å². The maximum atomic E-state index is 6.92. The lowest BCUT2D eigenvalue weighted by Crippen LogP contribution is -1.97. The maximum absolute atomic E-state index is 6.92. The second-order valence-electron chi connectivity index (χ2n) is 10.1. The number of fused-ring (bicyclic) bond motifs is 2. The summed E-state index contributed by atoms with van der Waals surface area (Å²) < 4.78 is 6.92. The molecule has 1 heteroatoms. The van der Waals surface area contributed by atoms with Crippen molar-refractivity contribution >= 4 is 44.2 Å². The highest BCUT2D eigenvalue weighted by molar-refractivity contribution is 6.23. The van der Waals surface area contributed by atoms with Gasteiger partial charge in [0.15, 0.2) is 0 Å². The Morgan fingerprint density at radius 2 is 1.00 bits per heavy atom. The summed E-state index contributed by atoms with van der Waals surface area (Å²) in [5.41, 5.74) is 7.17. The average molecular weight is 497 g/mol. The third kappa shape index (κ3) is 3.41. The lowest BCUT2D eigenvalue weighted by molar-refractivity contribution is 0.526. The van der Waals surface area contributed by atoms with Crippen molar-refractivity contribution in [1.29, 1.82) is 0 Å². The Balaban J connectivity index is 1.46. The van der Waals surface area contributed by atoms with Crippen molar-refractivity contribution < 1.29 is 4.74 Å². The molecule has 8 rings (SSSR count). The van der Waals surface area contributed by atoms with E-state index in [-0.39, 0.29) is 0 Å². The van der Waals surface area contributed by atoms with Crippen LogP contribution in [-0.2, 0) is 0 Å². The van der Waals surface area contributed by atoms with Crippen molar-refractivity contribution in [2.45, 2.75) is 0 Å². The second kappa shape index (κ2) is 8.72. The third-order valence-corrected chi connectivity index (χ3v) is 7.85. The van der Waals surface area contributed by atoms with Crippen molar-refractivity contribution in [3.8, 4) is 28.0 Å². The molecule has 0 spiro atoms. The Morgan fingerprint density at radius 3 is 1.74 bits per heavy atom. The van der Waals surface area contributed by atoms with Gasteiger partial charge in [0.25, 0.3) is 0 Å². The van der Waals surface area contributed by atoms with Gasteiger partial charge in [0.1, 0.15) is 11.5 Å². The van der Waals surface area contributed by atoms with Crippen molar-refractivity contribution in [3.63, 3.8) is 0 Å². The molecule has 0 saturated heterocycles. The normalized spacial score (nSPS) is 12.3. The zero-order valence-corrected chi connectivity index (χ0v) is 21.3. The number of ether oxygens (including phenoxy) is 1. The molecular weight excluding hydrogens is 472 g/mol. The van der Waals surface area contributed by atoms with E-state index in [1.807, 2.05) is 0 Å². The molecule has 0 N–H and O–H groups in total. The predicted molar refractivity (Wildman–Crippen MR) is 165 cm³/mol. The first-order valence-corrected chi connectivity index (χ1v) is 13.4. The van der Waals surface area contributed by atoms with Gasteiger partial charge < -0.3 is 4.74 Å². The molecule has 39 heavy (non-hydrogen) atoms. The number of hydrogen-bond acceptors (Lipinski definition) is 1. The molecule has 7 aromatic rings. The number of hydrogen-bond donors (Lipinski definition) is 0. The van der Waals surface area contributed by atoms with Gasteiger partial charge in [-0.2, -0.15) is 0 Å². The Bertz CT molecular complexity index is 2060. The molecular formula is C38H24O. The molecule has 0 bridgehead atoms. The molecule has 1 nitrogen and oxygen atoms in total. The minimum atomic E-state index is 0.866. The van der Waals surface area contributed by atoms with Gasteiger partial charge in [0.2, 0.25) is 0 Å². The highest BCUT2D eigenvalue weighted by Gasteiger charge is 2.22. The fourth-order valence-electron chi connectivity index (χ4n) is 6.22. The highest BCUT2D eigenvalue weighted by atomic mass is 16.5. The highest BCUT2D eigenvalue weighted by Crippen LogP contribution is 2.48. The van der Waals surface area contributed by atoms with Gasteiger partial charge in [-0.15, -0.1) is 0 Å². The Hall–Kier alpha value is -5.14. The first-order valence-electron chi connectivity index (χ1n) is 13.4. The second-order valence-corrected chi connectivity index (χ2v) is 10.1. The molecule has 0 heterocycles. The van der Waals surface area contributed by atoms with Gasteiger partial charge in [-0.25, -0.2) is 0 Å². The van der Waals surface area contributed by atoms with Gasteiger partial charge in [-0.1, -0.05) is 133 Å². The summed E-state index contributed by atoms with van der Waals surface area (Å²) in [5, 5.41) is 7.27. The lowest BCUT2D eigenvalue weighted by Gasteiger charge is -2.20. The fraction of sp³-hybridized carbons (Fsp3) is 0. The molecule has 0 unspecified atom stereocenters. The summed E-state index contributed by atoms with van der Waals surface area (Å²) in [6, 6.07) is 49.5. The number of benzene rings is 7. The van der Waals surface area contributed by atoms with Crippen LogP contribution in [0.15, 0.2) is 140 Å². The summed E-state index contributed by atoms with van der Waals surface area (Å²) in [5.74, 6) is 1.76. The predicted octanol–water partition coefficient (Wildman–Crippen LogP) is 10.4.